The number of fused-ring (bicyclic) bond motifs is 1. The molecule has 4 nitrogen and oxygen atoms in total. The van der Waals surface area contributed by atoms with Crippen molar-refractivity contribution in [3.05, 3.63) is 17.7 Å². The minimum absolute atomic E-state index is 0.526. The SMILES string of the molecule is CCCNC(Cn1cnc2c1CCCC2)C1CCOC1. The lowest BCUT2D eigenvalue weighted by molar-refractivity contribution is 0.173. The van der Waals surface area contributed by atoms with Gasteiger partial charge in [-0.05, 0) is 45.1 Å². The van der Waals surface area contributed by atoms with Crippen molar-refractivity contribution in [3.63, 3.8) is 0 Å². The van der Waals surface area contributed by atoms with Gasteiger partial charge in [-0.25, -0.2) is 4.98 Å². The summed E-state index contributed by atoms with van der Waals surface area (Å²) in [7, 11) is 0. The first-order chi connectivity index (χ1) is 9.88. The second-order valence-electron chi connectivity index (χ2n) is 6.18. The molecule has 0 aromatic carbocycles. The zero-order chi connectivity index (χ0) is 13.8. The van der Waals surface area contributed by atoms with Gasteiger partial charge in [0, 0.05) is 30.8 Å². The van der Waals surface area contributed by atoms with Gasteiger partial charge < -0.3 is 14.6 Å². The first kappa shape index (κ1) is 14.1. The van der Waals surface area contributed by atoms with Crippen LogP contribution in [0.3, 0.4) is 0 Å². The Balaban J connectivity index is 1.69. The predicted octanol–water partition coefficient (Wildman–Crippen LogP) is 2.17. The standard InChI is InChI=1S/C16H27N3O/c1-2-8-17-15(13-7-9-20-11-13)10-19-12-18-14-5-3-4-6-16(14)19/h12-13,15,17H,2-11H2,1H3. The topological polar surface area (TPSA) is 39.1 Å². The Bertz CT molecular complexity index is 423. The minimum atomic E-state index is 0.526. The minimum Gasteiger partial charge on any atom is -0.381 e. The molecular weight excluding hydrogens is 250 g/mol. The van der Waals surface area contributed by atoms with E-state index in [2.05, 4.69) is 28.1 Å². The number of nitrogens with zero attached hydrogens (tertiary/aromatic N) is 2. The van der Waals surface area contributed by atoms with Gasteiger partial charge in [0.15, 0.2) is 0 Å². The molecule has 0 spiro atoms. The van der Waals surface area contributed by atoms with Crippen LogP contribution in [-0.4, -0.2) is 35.4 Å². The summed E-state index contributed by atoms with van der Waals surface area (Å²) in [4.78, 5) is 4.62. The molecule has 1 N–H and O–H groups in total. The second-order valence-corrected chi connectivity index (χ2v) is 6.18. The van der Waals surface area contributed by atoms with E-state index in [1.54, 1.807) is 0 Å². The molecule has 1 saturated heterocycles. The van der Waals surface area contributed by atoms with Gasteiger partial charge in [0.1, 0.15) is 0 Å². The number of ether oxygens (including phenoxy) is 1. The molecule has 0 saturated carbocycles. The molecule has 2 aliphatic rings. The third kappa shape index (κ3) is 3.07. The Labute approximate surface area is 121 Å². The maximum absolute atomic E-state index is 5.58. The zero-order valence-corrected chi connectivity index (χ0v) is 12.6. The van der Waals surface area contributed by atoms with Crippen LogP contribution in [0.25, 0.3) is 0 Å². The summed E-state index contributed by atoms with van der Waals surface area (Å²) in [6, 6.07) is 0.526. The van der Waals surface area contributed by atoms with Crippen LogP contribution in [0.2, 0.25) is 0 Å². The summed E-state index contributed by atoms with van der Waals surface area (Å²) in [5, 5.41) is 3.73. The zero-order valence-electron chi connectivity index (χ0n) is 12.6. The Kier molecular flexibility index (Phi) is 4.73. The van der Waals surface area contributed by atoms with Crippen molar-refractivity contribution in [3.8, 4) is 0 Å². The first-order valence-electron chi connectivity index (χ1n) is 8.22. The molecule has 2 heterocycles. The molecule has 112 valence electrons. The van der Waals surface area contributed by atoms with Crippen molar-refractivity contribution >= 4 is 0 Å². The average Bonchev–Trinajstić information content (AvgIpc) is 3.13. The highest BCUT2D eigenvalue weighted by Crippen LogP contribution is 2.23. The first-order valence-corrected chi connectivity index (χ1v) is 8.22. The number of aromatic nitrogens is 2. The van der Waals surface area contributed by atoms with E-state index in [1.165, 1.54) is 49.9 Å². The fourth-order valence-corrected chi connectivity index (χ4v) is 3.48. The molecule has 1 aromatic heterocycles. The fourth-order valence-electron chi connectivity index (χ4n) is 3.48. The van der Waals surface area contributed by atoms with E-state index in [0.717, 1.165) is 26.3 Å². The number of hydrogen-bond donors (Lipinski definition) is 1. The van der Waals surface area contributed by atoms with Gasteiger partial charge >= 0.3 is 0 Å². The van der Waals surface area contributed by atoms with Crippen LogP contribution in [0.1, 0.15) is 44.0 Å². The molecule has 20 heavy (non-hydrogen) atoms. The molecule has 4 heteroatoms. The predicted molar refractivity (Wildman–Crippen MR) is 79.9 cm³/mol. The van der Waals surface area contributed by atoms with E-state index in [4.69, 9.17) is 4.74 Å². The molecule has 3 rings (SSSR count). The highest BCUT2D eigenvalue weighted by Gasteiger charge is 2.27. The lowest BCUT2D eigenvalue weighted by Gasteiger charge is -2.25. The van der Waals surface area contributed by atoms with Gasteiger partial charge in [0.05, 0.1) is 18.6 Å². The summed E-state index contributed by atoms with van der Waals surface area (Å²) < 4.78 is 7.99. The van der Waals surface area contributed by atoms with Crippen molar-refractivity contribution in [2.24, 2.45) is 5.92 Å². The summed E-state index contributed by atoms with van der Waals surface area (Å²) in [5.74, 6) is 0.656. The maximum atomic E-state index is 5.58. The fraction of sp³-hybridized carbons (Fsp3) is 0.812. The molecule has 0 radical (unpaired) electrons. The molecule has 1 aliphatic carbocycles. The van der Waals surface area contributed by atoms with Crippen molar-refractivity contribution in [2.45, 2.75) is 58.0 Å². The Morgan fingerprint density at radius 3 is 3.15 bits per heavy atom. The summed E-state index contributed by atoms with van der Waals surface area (Å²) in [6.07, 6.45) is 9.44. The van der Waals surface area contributed by atoms with Gasteiger partial charge in [-0.3, -0.25) is 0 Å². The molecule has 0 bridgehead atoms. The maximum Gasteiger partial charge on any atom is 0.0952 e. The number of rotatable bonds is 6. The Hall–Kier alpha value is -0.870. The van der Waals surface area contributed by atoms with Crippen LogP contribution >= 0.6 is 0 Å². The molecule has 1 aromatic rings. The third-order valence-corrected chi connectivity index (χ3v) is 4.69. The highest BCUT2D eigenvalue weighted by atomic mass is 16.5. The summed E-state index contributed by atoms with van der Waals surface area (Å²) in [5.41, 5.74) is 2.83. The van der Waals surface area contributed by atoms with E-state index < -0.39 is 0 Å². The monoisotopic (exact) mass is 277 g/mol. The number of hydrogen-bond acceptors (Lipinski definition) is 3. The van der Waals surface area contributed by atoms with Gasteiger partial charge in [-0.1, -0.05) is 6.92 Å². The van der Waals surface area contributed by atoms with Crippen LogP contribution in [0.5, 0.6) is 0 Å². The van der Waals surface area contributed by atoms with Crippen LogP contribution in [0, 0.1) is 5.92 Å². The van der Waals surface area contributed by atoms with Gasteiger partial charge in [-0.15, -0.1) is 0 Å². The van der Waals surface area contributed by atoms with E-state index in [0.29, 0.717) is 12.0 Å². The van der Waals surface area contributed by atoms with Crippen LogP contribution in [0.15, 0.2) is 6.33 Å². The molecule has 2 atom stereocenters. The van der Waals surface area contributed by atoms with Crippen LogP contribution in [0.4, 0.5) is 0 Å². The molecule has 0 amide bonds. The van der Waals surface area contributed by atoms with Crippen molar-refractivity contribution in [2.75, 3.05) is 19.8 Å². The van der Waals surface area contributed by atoms with Gasteiger partial charge in [-0.2, -0.15) is 0 Å². The second kappa shape index (κ2) is 6.72. The quantitative estimate of drug-likeness (QED) is 0.866. The molecule has 1 fully saturated rings. The smallest absolute Gasteiger partial charge is 0.0952 e. The molecule has 2 unspecified atom stereocenters. The summed E-state index contributed by atoms with van der Waals surface area (Å²) in [6.45, 7) is 6.22. The molecular formula is C16H27N3O. The van der Waals surface area contributed by atoms with Crippen LogP contribution in [-0.2, 0) is 24.1 Å². The highest BCUT2D eigenvalue weighted by molar-refractivity contribution is 5.16. The normalized spacial score (nSPS) is 23.8. The number of imidazole rings is 1. The third-order valence-electron chi connectivity index (χ3n) is 4.69. The Morgan fingerprint density at radius 2 is 2.35 bits per heavy atom. The lowest BCUT2D eigenvalue weighted by Crippen LogP contribution is -2.40. The summed E-state index contributed by atoms with van der Waals surface area (Å²) >= 11 is 0. The lowest BCUT2D eigenvalue weighted by atomic mass is 9.97. The van der Waals surface area contributed by atoms with Gasteiger partial charge in [0.2, 0.25) is 0 Å². The van der Waals surface area contributed by atoms with Crippen molar-refractivity contribution in [1.29, 1.82) is 0 Å². The largest absolute Gasteiger partial charge is 0.381 e. The van der Waals surface area contributed by atoms with E-state index in [-0.39, 0.29) is 0 Å². The molecule has 1 aliphatic heterocycles. The van der Waals surface area contributed by atoms with E-state index >= 15 is 0 Å². The van der Waals surface area contributed by atoms with E-state index in [1.807, 2.05) is 0 Å². The van der Waals surface area contributed by atoms with Crippen molar-refractivity contribution < 1.29 is 4.74 Å². The van der Waals surface area contributed by atoms with Crippen LogP contribution < -0.4 is 5.32 Å². The Morgan fingerprint density at radius 1 is 1.45 bits per heavy atom. The number of nitrogens with one attached hydrogen (secondary N) is 1. The van der Waals surface area contributed by atoms with E-state index in [9.17, 15) is 0 Å². The van der Waals surface area contributed by atoms with Crippen molar-refractivity contribution in [1.82, 2.24) is 14.9 Å². The van der Waals surface area contributed by atoms with Gasteiger partial charge in [0.25, 0.3) is 0 Å². The average molecular weight is 277 g/mol. The number of aryl methyl sites for hydroxylation is 1.